The van der Waals surface area contributed by atoms with Crippen LogP contribution in [0, 0.1) is 5.92 Å². The molecule has 1 atom stereocenters. The third kappa shape index (κ3) is 4.58. The lowest BCUT2D eigenvalue weighted by Crippen LogP contribution is -2.19. The van der Waals surface area contributed by atoms with Crippen LogP contribution in [-0.2, 0) is 13.5 Å². The summed E-state index contributed by atoms with van der Waals surface area (Å²) in [5.41, 5.74) is 2.73. The average Bonchev–Trinajstić information content (AvgIpc) is 2.86. The Morgan fingerprint density at radius 1 is 1.24 bits per heavy atom. The maximum absolute atomic E-state index is 4.11. The summed E-state index contributed by atoms with van der Waals surface area (Å²) in [6.07, 6.45) is 2.87. The number of hydrogen-bond acceptors (Lipinski definition) is 4. The van der Waals surface area contributed by atoms with Crippen molar-refractivity contribution in [3.8, 4) is 0 Å². The minimum atomic E-state index is 0.319. The quantitative estimate of drug-likeness (QED) is 0.798. The molecular formula is C16H24N4S. The highest BCUT2D eigenvalue weighted by atomic mass is 32.2. The Hall–Kier alpha value is -1.33. The molecule has 2 aromatic rings. The van der Waals surface area contributed by atoms with E-state index in [0.717, 1.165) is 17.3 Å². The van der Waals surface area contributed by atoms with Gasteiger partial charge < -0.3 is 9.88 Å². The van der Waals surface area contributed by atoms with Crippen LogP contribution >= 0.6 is 11.8 Å². The first-order chi connectivity index (χ1) is 10.1. The van der Waals surface area contributed by atoms with Crippen LogP contribution in [0.2, 0.25) is 0 Å². The largest absolute Gasteiger partial charge is 0.312 e. The molecule has 1 N–H and O–H groups in total. The fourth-order valence-corrected chi connectivity index (χ4v) is 3.30. The van der Waals surface area contributed by atoms with Crippen LogP contribution in [0.3, 0.4) is 0 Å². The van der Waals surface area contributed by atoms with Crippen LogP contribution < -0.4 is 5.32 Å². The highest BCUT2D eigenvalue weighted by Gasteiger charge is 2.12. The van der Waals surface area contributed by atoms with Crippen molar-refractivity contribution in [1.29, 1.82) is 0 Å². The molecule has 0 saturated carbocycles. The molecule has 0 fully saturated rings. The normalized spacial score (nSPS) is 12.8. The van der Waals surface area contributed by atoms with Crippen molar-refractivity contribution < 1.29 is 0 Å². The molecule has 0 radical (unpaired) electrons. The minimum absolute atomic E-state index is 0.319. The molecule has 0 amide bonds. The van der Waals surface area contributed by atoms with E-state index in [2.05, 4.69) is 53.6 Å². The molecule has 1 aromatic carbocycles. The van der Waals surface area contributed by atoms with Gasteiger partial charge in [0.25, 0.3) is 0 Å². The Bertz CT molecular complexity index is 548. The van der Waals surface area contributed by atoms with Crippen LogP contribution in [-0.4, -0.2) is 27.6 Å². The molecule has 1 aromatic heterocycles. The van der Waals surface area contributed by atoms with Crippen LogP contribution in [0.25, 0.3) is 0 Å². The molecule has 4 nitrogen and oxygen atoms in total. The number of thioether (sulfide) groups is 1. The number of aryl methyl sites for hydroxylation is 1. The molecule has 21 heavy (non-hydrogen) atoms. The van der Waals surface area contributed by atoms with Crippen LogP contribution in [0.4, 0.5) is 0 Å². The van der Waals surface area contributed by atoms with Crippen molar-refractivity contribution in [2.24, 2.45) is 13.0 Å². The standard InChI is InChI=1S/C16H24N4S/c1-12(2)9-13-5-7-14(8-6-13)15(17-3)10-21-16-19-18-11-20(16)4/h5-8,11-12,15,17H,9-10H2,1-4H3. The Morgan fingerprint density at radius 2 is 1.95 bits per heavy atom. The van der Waals surface area contributed by atoms with E-state index < -0.39 is 0 Å². The van der Waals surface area contributed by atoms with Crippen LogP contribution in [0.5, 0.6) is 0 Å². The van der Waals surface area contributed by atoms with E-state index in [-0.39, 0.29) is 0 Å². The zero-order valence-electron chi connectivity index (χ0n) is 13.2. The number of hydrogen-bond donors (Lipinski definition) is 1. The van der Waals surface area contributed by atoms with Gasteiger partial charge >= 0.3 is 0 Å². The van der Waals surface area contributed by atoms with Gasteiger partial charge in [0.15, 0.2) is 5.16 Å². The Balaban J connectivity index is 1.98. The first-order valence-electron chi connectivity index (χ1n) is 7.33. The molecule has 0 saturated heterocycles. The molecule has 2 rings (SSSR count). The molecule has 114 valence electrons. The predicted octanol–water partition coefficient (Wildman–Crippen LogP) is 3.07. The van der Waals surface area contributed by atoms with E-state index in [1.54, 1.807) is 18.1 Å². The van der Waals surface area contributed by atoms with Gasteiger partial charge in [-0.3, -0.25) is 0 Å². The molecule has 0 spiro atoms. The molecule has 5 heteroatoms. The van der Waals surface area contributed by atoms with Gasteiger partial charge in [-0.2, -0.15) is 0 Å². The zero-order chi connectivity index (χ0) is 15.2. The molecular weight excluding hydrogens is 280 g/mol. The lowest BCUT2D eigenvalue weighted by Gasteiger charge is -2.16. The van der Waals surface area contributed by atoms with Gasteiger partial charge in [0.1, 0.15) is 6.33 Å². The SMILES string of the molecule is CNC(CSc1nncn1C)c1ccc(CC(C)C)cc1. The highest BCUT2D eigenvalue weighted by Crippen LogP contribution is 2.23. The number of rotatable bonds is 7. The van der Waals surface area contributed by atoms with Crippen molar-refractivity contribution in [2.45, 2.75) is 31.5 Å². The smallest absolute Gasteiger partial charge is 0.190 e. The van der Waals surface area contributed by atoms with Gasteiger partial charge in [0, 0.05) is 18.8 Å². The van der Waals surface area contributed by atoms with E-state index in [4.69, 9.17) is 0 Å². The maximum atomic E-state index is 4.11. The monoisotopic (exact) mass is 304 g/mol. The summed E-state index contributed by atoms with van der Waals surface area (Å²) >= 11 is 1.72. The summed E-state index contributed by atoms with van der Waals surface area (Å²) in [5, 5.41) is 12.4. The molecule has 0 aliphatic carbocycles. The number of nitrogens with one attached hydrogen (secondary N) is 1. The first-order valence-corrected chi connectivity index (χ1v) is 8.31. The number of nitrogens with zero attached hydrogens (tertiary/aromatic N) is 3. The topological polar surface area (TPSA) is 42.7 Å². The lowest BCUT2D eigenvalue weighted by molar-refractivity contribution is 0.643. The van der Waals surface area contributed by atoms with Gasteiger partial charge in [-0.1, -0.05) is 49.9 Å². The molecule has 0 aliphatic heterocycles. The summed E-state index contributed by atoms with van der Waals surface area (Å²) in [7, 11) is 3.97. The zero-order valence-corrected chi connectivity index (χ0v) is 14.0. The van der Waals surface area contributed by atoms with E-state index >= 15 is 0 Å². The van der Waals surface area contributed by atoms with Gasteiger partial charge in [-0.05, 0) is 30.5 Å². The van der Waals surface area contributed by atoms with Crippen molar-refractivity contribution in [1.82, 2.24) is 20.1 Å². The summed E-state index contributed by atoms with van der Waals surface area (Å²) in [6, 6.07) is 9.27. The maximum Gasteiger partial charge on any atom is 0.190 e. The minimum Gasteiger partial charge on any atom is -0.312 e. The summed E-state index contributed by atoms with van der Waals surface area (Å²) < 4.78 is 1.95. The number of aromatic nitrogens is 3. The second-order valence-electron chi connectivity index (χ2n) is 5.72. The molecule has 1 unspecified atom stereocenters. The van der Waals surface area contributed by atoms with E-state index in [0.29, 0.717) is 12.0 Å². The second kappa shape index (κ2) is 7.61. The van der Waals surface area contributed by atoms with E-state index in [9.17, 15) is 0 Å². The lowest BCUT2D eigenvalue weighted by atomic mass is 10.00. The Kier molecular flexibility index (Phi) is 5.82. The van der Waals surface area contributed by atoms with Gasteiger partial charge in [0.2, 0.25) is 0 Å². The second-order valence-corrected chi connectivity index (χ2v) is 6.70. The number of benzene rings is 1. The van der Waals surface area contributed by atoms with Gasteiger partial charge in [-0.15, -0.1) is 10.2 Å². The van der Waals surface area contributed by atoms with E-state index in [1.807, 2.05) is 18.7 Å². The fraction of sp³-hybridized carbons (Fsp3) is 0.500. The van der Waals surface area contributed by atoms with Crippen molar-refractivity contribution in [3.63, 3.8) is 0 Å². The third-order valence-corrected chi connectivity index (χ3v) is 4.55. The predicted molar refractivity (Wildman–Crippen MR) is 88.5 cm³/mol. The average molecular weight is 304 g/mol. The van der Waals surface area contributed by atoms with Gasteiger partial charge in [0.05, 0.1) is 0 Å². The third-order valence-electron chi connectivity index (χ3n) is 3.42. The molecule has 1 heterocycles. The van der Waals surface area contributed by atoms with Crippen molar-refractivity contribution in [2.75, 3.05) is 12.8 Å². The van der Waals surface area contributed by atoms with Crippen molar-refractivity contribution >= 4 is 11.8 Å². The van der Waals surface area contributed by atoms with Crippen LogP contribution in [0.15, 0.2) is 35.7 Å². The highest BCUT2D eigenvalue weighted by molar-refractivity contribution is 7.99. The van der Waals surface area contributed by atoms with Crippen molar-refractivity contribution in [3.05, 3.63) is 41.7 Å². The Morgan fingerprint density at radius 3 is 2.48 bits per heavy atom. The summed E-state index contributed by atoms with van der Waals surface area (Å²) in [6.45, 7) is 4.50. The summed E-state index contributed by atoms with van der Waals surface area (Å²) in [4.78, 5) is 0. The van der Waals surface area contributed by atoms with E-state index in [1.165, 1.54) is 11.1 Å². The van der Waals surface area contributed by atoms with Gasteiger partial charge in [-0.25, -0.2) is 0 Å². The molecule has 0 bridgehead atoms. The Labute approximate surface area is 131 Å². The fourth-order valence-electron chi connectivity index (χ4n) is 2.26. The molecule has 0 aliphatic rings. The first kappa shape index (κ1) is 16.0. The summed E-state index contributed by atoms with van der Waals surface area (Å²) in [5.74, 6) is 1.63. The van der Waals surface area contributed by atoms with Crippen LogP contribution in [0.1, 0.15) is 31.0 Å².